The second-order valence-electron chi connectivity index (χ2n) is 4.61. The van der Waals surface area contributed by atoms with Crippen molar-refractivity contribution in [3.8, 4) is 0 Å². The van der Waals surface area contributed by atoms with E-state index in [4.69, 9.17) is 0 Å². The van der Waals surface area contributed by atoms with E-state index in [1.54, 1.807) is 0 Å². The first-order valence-corrected chi connectivity index (χ1v) is 5.70. The Bertz CT molecular complexity index is 392. The maximum absolute atomic E-state index is 4.36. The number of hydrogen-bond donors (Lipinski definition) is 1. The van der Waals surface area contributed by atoms with Gasteiger partial charge in [-0.3, -0.25) is 4.98 Å². The number of fused-ring (bicyclic) bond motifs is 1. The molecular formula is C13H16N2. The third-order valence-corrected chi connectivity index (χ3v) is 3.57. The molecule has 1 N–H and O–H groups in total. The van der Waals surface area contributed by atoms with Crippen molar-refractivity contribution in [1.82, 2.24) is 10.3 Å². The predicted molar refractivity (Wildman–Crippen MR) is 61.5 cm³/mol. The summed E-state index contributed by atoms with van der Waals surface area (Å²) in [6.45, 7) is 3.24. The highest BCUT2D eigenvalue weighted by atomic mass is 15.0. The van der Waals surface area contributed by atoms with Crippen LogP contribution in [0.1, 0.15) is 24.1 Å². The summed E-state index contributed by atoms with van der Waals surface area (Å²) in [6, 6.07) is 4.92. The van der Waals surface area contributed by atoms with Gasteiger partial charge >= 0.3 is 0 Å². The van der Waals surface area contributed by atoms with Gasteiger partial charge in [0.1, 0.15) is 0 Å². The van der Waals surface area contributed by atoms with E-state index in [-0.39, 0.29) is 0 Å². The highest BCUT2D eigenvalue weighted by molar-refractivity contribution is 5.66. The fraction of sp³-hybridized carbons (Fsp3) is 0.462. The minimum absolute atomic E-state index is 0.634. The maximum Gasteiger partial charge on any atom is 0.0373 e. The number of nitrogens with zero attached hydrogens (tertiary/aromatic N) is 1. The molecule has 2 heteroatoms. The number of allylic oxidation sites excluding steroid dienone is 1. The molecule has 2 aliphatic rings. The van der Waals surface area contributed by atoms with Crippen molar-refractivity contribution >= 4 is 5.57 Å². The van der Waals surface area contributed by atoms with Crippen LogP contribution in [0, 0.1) is 12.8 Å². The van der Waals surface area contributed by atoms with Crippen LogP contribution in [0.5, 0.6) is 0 Å². The van der Waals surface area contributed by atoms with Gasteiger partial charge in [0.05, 0.1) is 0 Å². The molecule has 0 amide bonds. The molecule has 2 atom stereocenters. The normalized spacial score (nSPS) is 29.0. The van der Waals surface area contributed by atoms with Crippen LogP contribution >= 0.6 is 0 Å². The Morgan fingerprint density at radius 3 is 2.93 bits per heavy atom. The first-order valence-electron chi connectivity index (χ1n) is 5.70. The van der Waals surface area contributed by atoms with E-state index in [9.17, 15) is 0 Å². The van der Waals surface area contributed by atoms with Crippen molar-refractivity contribution in [1.29, 1.82) is 0 Å². The maximum atomic E-state index is 4.36. The Morgan fingerprint density at radius 1 is 1.40 bits per heavy atom. The van der Waals surface area contributed by atoms with Gasteiger partial charge in [-0.15, -0.1) is 0 Å². The standard InChI is InChI=1S/C13H16N2/c1-9-2-3-11(7-14-9)10-4-5-12-8-15-13(12)6-10/h2-3,6-7,12-13,15H,4-5,8H2,1H3/t12-,13-/m0/s1. The van der Waals surface area contributed by atoms with E-state index in [0.29, 0.717) is 6.04 Å². The van der Waals surface area contributed by atoms with Gasteiger partial charge in [-0.05, 0) is 42.9 Å². The van der Waals surface area contributed by atoms with Crippen LogP contribution in [-0.2, 0) is 0 Å². The molecule has 15 heavy (non-hydrogen) atoms. The highest BCUT2D eigenvalue weighted by Crippen LogP contribution is 2.33. The Kier molecular flexibility index (Phi) is 2.10. The number of aryl methyl sites for hydroxylation is 1. The minimum Gasteiger partial charge on any atom is -0.310 e. The number of hydrogen-bond acceptors (Lipinski definition) is 2. The lowest BCUT2D eigenvalue weighted by Crippen LogP contribution is -2.52. The molecule has 0 saturated carbocycles. The molecule has 1 aliphatic carbocycles. The molecule has 0 radical (unpaired) electrons. The van der Waals surface area contributed by atoms with E-state index < -0.39 is 0 Å². The molecule has 1 aromatic rings. The summed E-state index contributed by atoms with van der Waals surface area (Å²) in [4.78, 5) is 4.36. The lowest BCUT2D eigenvalue weighted by Gasteiger charge is -2.40. The van der Waals surface area contributed by atoms with E-state index in [0.717, 1.165) is 11.6 Å². The lowest BCUT2D eigenvalue weighted by atomic mass is 9.79. The fourth-order valence-corrected chi connectivity index (χ4v) is 2.44. The van der Waals surface area contributed by atoms with E-state index in [1.807, 2.05) is 13.1 Å². The van der Waals surface area contributed by atoms with Gasteiger partial charge in [-0.1, -0.05) is 12.1 Å². The molecule has 1 aliphatic heterocycles. The van der Waals surface area contributed by atoms with Gasteiger partial charge in [0.2, 0.25) is 0 Å². The van der Waals surface area contributed by atoms with Crippen molar-refractivity contribution in [3.05, 3.63) is 35.7 Å². The monoisotopic (exact) mass is 200 g/mol. The summed E-state index contributed by atoms with van der Waals surface area (Å²) in [5.41, 5.74) is 3.86. The Morgan fingerprint density at radius 2 is 2.33 bits per heavy atom. The second kappa shape index (κ2) is 3.46. The van der Waals surface area contributed by atoms with Crippen LogP contribution in [0.3, 0.4) is 0 Å². The van der Waals surface area contributed by atoms with Crippen LogP contribution in [0.2, 0.25) is 0 Å². The largest absolute Gasteiger partial charge is 0.310 e. The van der Waals surface area contributed by atoms with Crippen LogP contribution in [0.4, 0.5) is 0 Å². The first-order chi connectivity index (χ1) is 7.33. The van der Waals surface area contributed by atoms with E-state index in [2.05, 4.69) is 28.5 Å². The number of nitrogens with one attached hydrogen (secondary N) is 1. The quantitative estimate of drug-likeness (QED) is 0.751. The van der Waals surface area contributed by atoms with Gasteiger partial charge in [0.15, 0.2) is 0 Å². The van der Waals surface area contributed by atoms with Crippen molar-refractivity contribution < 1.29 is 0 Å². The molecule has 2 heterocycles. The Balaban J connectivity index is 1.87. The fourth-order valence-electron chi connectivity index (χ4n) is 2.44. The van der Waals surface area contributed by atoms with Gasteiger partial charge in [0.25, 0.3) is 0 Å². The summed E-state index contributed by atoms with van der Waals surface area (Å²) >= 11 is 0. The molecule has 3 rings (SSSR count). The summed E-state index contributed by atoms with van der Waals surface area (Å²) in [7, 11) is 0. The van der Waals surface area contributed by atoms with Crippen molar-refractivity contribution in [2.45, 2.75) is 25.8 Å². The average molecular weight is 200 g/mol. The van der Waals surface area contributed by atoms with Gasteiger partial charge in [-0.25, -0.2) is 0 Å². The molecule has 1 saturated heterocycles. The smallest absolute Gasteiger partial charge is 0.0373 e. The zero-order valence-electron chi connectivity index (χ0n) is 9.03. The topological polar surface area (TPSA) is 24.9 Å². The molecular weight excluding hydrogens is 184 g/mol. The lowest BCUT2D eigenvalue weighted by molar-refractivity contribution is 0.256. The molecule has 0 bridgehead atoms. The first kappa shape index (κ1) is 9.10. The molecule has 1 fully saturated rings. The predicted octanol–water partition coefficient (Wildman–Crippen LogP) is 2.16. The number of pyridine rings is 1. The molecule has 0 unspecified atom stereocenters. The van der Waals surface area contributed by atoms with Crippen molar-refractivity contribution in [3.63, 3.8) is 0 Å². The van der Waals surface area contributed by atoms with Crippen LogP contribution in [-0.4, -0.2) is 17.6 Å². The summed E-state index contributed by atoms with van der Waals surface area (Å²) in [5.74, 6) is 0.896. The van der Waals surface area contributed by atoms with Crippen LogP contribution in [0.25, 0.3) is 5.57 Å². The highest BCUT2D eigenvalue weighted by Gasteiger charge is 2.31. The van der Waals surface area contributed by atoms with Gasteiger partial charge < -0.3 is 5.32 Å². The van der Waals surface area contributed by atoms with Crippen molar-refractivity contribution in [2.75, 3.05) is 6.54 Å². The van der Waals surface area contributed by atoms with Crippen molar-refractivity contribution in [2.24, 2.45) is 5.92 Å². The molecule has 0 aromatic carbocycles. The SMILES string of the molecule is Cc1ccc(C2=C[C@@H]3NC[C@@H]3CC2)cn1. The third kappa shape index (κ3) is 1.59. The summed E-state index contributed by atoms with van der Waals surface area (Å²) in [6.07, 6.45) is 6.94. The zero-order valence-corrected chi connectivity index (χ0v) is 9.03. The molecule has 0 spiro atoms. The van der Waals surface area contributed by atoms with Gasteiger partial charge in [0, 0.05) is 24.5 Å². The van der Waals surface area contributed by atoms with Crippen LogP contribution < -0.4 is 5.32 Å². The van der Waals surface area contributed by atoms with E-state index in [1.165, 1.54) is 30.5 Å². The summed E-state index contributed by atoms with van der Waals surface area (Å²) in [5, 5.41) is 3.46. The number of rotatable bonds is 1. The third-order valence-electron chi connectivity index (χ3n) is 3.57. The molecule has 78 valence electrons. The molecule has 2 nitrogen and oxygen atoms in total. The average Bonchev–Trinajstić information content (AvgIpc) is 2.22. The zero-order chi connectivity index (χ0) is 10.3. The number of aromatic nitrogens is 1. The Hall–Kier alpha value is -1.15. The molecule has 1 aromatic heterocycles. The van der Waals surface area contributed by atoms with Gasteiger partial charge in [-0.2, -0.15) is 0 Å². The van der Waals surface area contributed by atoms with E-state index >= 15 is 0 Å². The Labute approximate surface area is 90.4 Å². The second-order valence-corrected chi connectivity index (χ2v) is 4.61. The van der Waals surface area contributed by atoms with Crippen LogP contribution in [0.15, 0.2) is 24.4 Å². The minimum atomic E-state index is 0.634. The summed E-state index contributed by atoms with van der Waals surface area (Å²) < 4.78 is 0.